The molecule has 0 fully saturated rings. The van der Waals surface area contributed by atoms with Crippen LogP contribution in [0.25, 0.3) is 0 Å². The van der Waals surface area contributed by atoms with Crippen molar-refractivity contribution in [3.8, 4) is 0 Å². The summed E-state index contributed by atoms with van der Waals surface area (Å²) in [5.74, 6) is -0.656. The van der Waals surface area contributed by atoms with E-state index in [-0.39, 0.29) is 17.9 Å². The fourth-order valence-electron chi connectivity index (χ4n) is 6.61. The van der Waals surface area contributed by atoms with E-state index in [0.29, 0.717) is 24.5 Å². The first-order valence-corrected chi connectivity index (χ1v) is 22.8. The Bertz CT molecular complexity index is 1410. The number of rotatable bonds is 14. The zero-order valence-corrected chi connectivity index (χ0v) is 35.7. The van der Waals surface area contributed by atoms with Crippen LogP contribution in [0.4, 0.5) is 4.79 Å². The number of nitrogens with zero attached hydrogens (tertiary/aromatic N) is 2. The molecule has 9 nitrogen and oxygen atoms in total. The molecule has 52 heavy (non-hydrogen) atoms. The zero-order chi connectivity index (χ0) is 39.6. The fraction of sp³-hybridized carbons (Fsp3) is 0.667. The minimum atomic E-state index is -1.37. The van der Waals surface area contributed by atoms with E-state index in [2.05, 4.69) is 38.0 Å². The molecule has 1 aliphatic rings. The van der Waals surface area contributed by atoms with Gasteiger partial charge in [0.2, 0.25) is 11.8 Å². The Balaban J connectivity index is 2.45. The van der Waals surface area contributed by atoms with Crippen molar-refractivity contribution in [2.24, 2.45) is 17.3 Å². The number of esters is 1. The lowest BCUT2D eigenvalue weighted by molar-refractivity contribution is -0.142. The summed E-state index contributed by atoms with van der Waals surface area (Å²) in [7, 11) is 1.93. The molecule has 1 N–H and O–H groups in total. The lowest BCUT2D eigenvalue weighted by atomic mass is 9.76. The molecule has 3 amide bonds. The van der Waals surface area contributed by atoms with Crippen molar-refractivity contribution in [2.75, 3.05) is 20.7 Å². The summed E-state index contributed by atoms with van der Waals surface area (Å²) in [6.45, 7) is 24.5. The van der Waals surface area contributed by atoms with Crippen LogP contribution in [0, 0.1) is 17.3 Å². The van der Waals surface area contributed by atoms with Gasteiger partial charge in [0.05, 0.1) is 12.6 Å². The number of allylic oxidation sites excluding steroid dienone is 1. The second kappa shape index (κ2) is 19.1. The Morgan fingerprint density at radius 3 is 2.13 bits per heavy atom. The minimum absolute atomic E-state index is 0.0361. The molecule has 0 heterocycles. The van der Waals surface area contributed by atoms with Gasteiger partial charge in [-0.3, -0.25) is 14.5 Å². The summed E-state index contributed by atoms with van der Waals surface area (Å²) in [6, 6.07) is 8.08. The predicted molar refractivity (Wildman–Crippen MR) is 214 cm³/mol. The molecule has 1 aliphatic carbocycles. The number of benzene rings is 1. The maximum absolute atomic E-state index is 14.7. The highest BCUT2D eigenvalue weighted by molar-refractivity contribution is 6.76. The molecular weight excluding hydrogens is 671 g/mol. The number of likely N-dealkylation sites (N-methyl/N-ethyl adjacent to an activating group) is 2. The summed E-state index contributed by atoms with van der Waals surface area (Å²) >= 11 is 0. The van der Waals surface area contributed by atoms with Crippen molar-refractivity contribution in [3.05, 3.63) is 59.7 Å². The topological polar surface area (TPSA) is 105 Å². The van der Waals surface area contributed by atoms with E-state index in [4.69, 9.17) is 9.47 Å². The van der Waals surface area contributed by atoms with Crippen LogP contribution in [-0.2, 0) is 29.3 Å². The van der Waals surface area contributed by atoms with Crippen LogP contribution in [0.15, 0.2) is 54.1 Å². The maximum Gasteiger partial charge on any atom is 0.410 e. The second-order valence-corrected chi connectivity index (χ2v) is 23.6. The molecule has 0 aliphatic heterocycles. The largest absolute Gasteiger partial charge is 0.463 e. The van der Waals surface area contributed by atoms with E-state index in [1.807, 2.05) is 84.9 Å². The zero-order valence-electron chi connectivity index (χ0n) is 34.7. The van der Waals surface area contributed by atoms with Crippen molar-refractivity contribution < 1.29 is 28.7 Å². The van der Waals surface area contributed by atoms with E-state index < -0.39 is 55.0 Å². The number of hydrogen-bond acceptors (Lipinski definition) is 6. The summed E-state index contributed by atoms with van der Waals surface area (Å²) in [6.07, 6.45) is 8.52. The van der Waals surface area contributed by atoms with Gasteiger partial charge in [0, 0.05) is 33.2 Å². The molecule has 0 spiro atoms. The number of carbonyl (C=O) groups excluding carboxylic acids is 4. The number of hydrogen-bond donors (Lipinski definition) is 1. The van der Waals surface area contributed by atoms with E-state index in [9.17, 15) is 19.2 Å². The van der Waals surface area contributed by atoms with Crippen LogP contribution < -0.4 is 5.32 Å². The lowest BCUT2D eigenvalue weighted by Crippen LogP contribution is -2.63. The number of amides is 3. The Kier molecular flexibility index (Phi) is 16.4. The molecule has 1 aromatic rings. The van der Waals surface area contributed by atoms with Crippen molar-refractivity contribution in [1.82, 2.24) is 15.1 Å². The molecule has 0 bridgehead atoms. The van der Waals surface area contributed by atoms with Gasteiger partial charge in [-0.05, 0) is 67.5 Å². The first-order chi connectivity index (χ1) is 24.0. The summed E-state index contributed by atoms with van der Waals surface area (Å²) < 4.78 is 11.6. The molecular formula is C42H69N3O6Si. The van der Waals surface area contributed by atoms with E-state index >= 15 is 0 Å². The standard InChI is InChI=1S/C42H69N3O6Si/c1-29(2)34(28-31(4)39(48)50-26-27-52(12,13)14)44(10)38(47)35(41(5,6)7)43-37(46)36(42(8,9)32-21-16-15-17-22-32)45(11)40(49)51-33-23-19-18-20-30(3)24-25-33/h15-17,19,21-23,28-30,33-36H,18,20,24-27H2,1-14H3,(H,43,46)/b23-19+,31-28+/t30-,33+,34-,35-,36-/m1/s1. The highest BCUT2D eigenvalue weighted by atomic mass is 28.3. The average Bonchev–Trinajstić information content (AvgIpc) is 3.03. The Morgan fingerprint density at radius 2 is 1.58 bits per heavy atom. The van der Waals surface area contributed by atoms with Gasteiger partial charge in [-0.2, -0.15) is 0 Å². The van der Waals surface area contributed by atoms with E-state index in [1.165, 1.54) is 4.90 Å². The second-order valence-electron chi connectivity index (χ2n) is 18.0. The quantitative estimate of drug-likeness (QED) is 0.0890. The van der Waals surface area contributed by atoms with Crippen molar-refractivity contribution in [1.29, 1.82) is 0 Å². The van der Waals surface area contributed by atoms with Crippen LogP contribution in [-0.4, -0.2) is 86.7 Å². The first kappa shape index (κ1) is 44.8. The third-order valence-corrected chi connectivity index (χ3v) is 11.9. The molecule has 0 radical (unpaired) electrons. The van der Waals surface area contributed by atoms with Crippen LogP contribution in [0.5, 0.6) is 0 Å². The number of carbonyl (C=O) groups is 4. The van der Waals surface area contributed by atoms with E-state index in [1.54, 1.807) is 32.0 Å². The lowest BCUT2D eigenvalue weighted by Gasteiger charge is -2.42. The molecule has 0 saturated carbocycles. The van der Waals surface area contributed by atoms with Gasteiger partial charge in [0.25, 0.3) is 0 Å². The van der Waals surface area contributed by atoms with Gasteiger partial charge in [-0.25, -0.2) is 9.59 Å². The molecule has 2 rings (SSSR count). The third-order valence-electron chi connectivity index (χ3n) is 10.2. The Labute approximate surface area is 316 Å². The van der Waals surface area contributed by atoms with E-state index in [0.717, 1.165) is 30.9 Å². The average molecular weight is 740 g/mol. The monoisotopic (exact) mass is 739 g/mol. The van der Waals surface area contributed by atoms with Gasteiger partial charge in [0.1, 0.15) is 18.2 Å². The highest BCUT2D eigenvalue weighted by Gasteiger charge is 2.45. The summed E-state index contributed by atoms with van der Waals surface area (Å²) in [5.41, 5.74) is -0.262. The van der Waals surface area contributed by atoms with Crippen molar-refractivity contribution >= 4 is 32.0 Å². The number of nitrogens with one attached hydrogen (secondary N) is 1. The molecule has 0 aromatic heterocycles. The Hall–Kier alpha value is -3.40. The third kappa shape index (κ3) is 13.2. The molecule has 5 atom stereocenters. The molecule has 1 aromatic carbocycles. The Morgan fingerprint density at radius 1 is 0.962 bits per heavy atom. The van der Waals surface area contributed by atoms with Gasteiger partial charge < -0.3 is 19.7 Å². The minimum Gasteiger partial charge on any atom is -0.463 e. The van der Waals surface area contributed by atoms with Gasteiger partial charge >= 0.3 is 12.1 Å². The predicted octanol–water partition coefficient (Wildman–Crippen LogP) is 8.38. The fourth-order valence-corrected chi connectivity index (χ4v) is 7.32. The normalized spacial score (nSPS) is 19.7. The molecule has 10 heteroatoms. The molecule has 292 valence electrons. The van der Waals surface area contributed by atoms with Gasteiger partial charge in [-0.15, -0.1) is 0 Å². The number of ether oxygens (including phenoxy) is 2. The smallest absolute Gasteiger partial charge is 0.410 e. The molecule has 0 unspecified atom stereocenters. The summed E-state index contributed by atoms with van der Waals surface area (Å²) in [4.78, 5) is 58.9. The molecule has 0 saturated heterocycles. The van der Waals surface area contributed by atoms with Crippen LogP contribution in [0.3, 0.4) is 0 Å². The maximum atomic E-state index is 14.7. The first-order valence-electron chi connectivity index (χ1n) is 19.1. The van der Waals surface area contributed by atoms with Crippen molar-refractivity contribution in [2.45, 2.75) is 143 Å². The highest BCUT2D eigenvalue weighted by Crippen LogP contribution is 2.32. The van der Waals surface area contributed by atoms with Crippen LogP contribution >= 0.6 is 0 Å². The van der Waals surface area contributed by atoms with Gasteiger partial charge in [0.15, 0.2) is 0 Å². The van der Waals surface area contributed by atoms with Crippen LogP contribution in [0.1, 0.15) is 93.6 Å². The SMILES string of the molecule is C/C(=C\[C@H](C(C)C)N(C)C(=O)[C@@H](NC(=O)[C@@H](N(C)C(=O)O[C@H]1/C=C/CC[C@@H](C)CC1)C(C)(C)c1ccccc1)C(C)(C)C)C(=O)OCC[Si](C)(C)C. The van der Waals surface area contributed by atoms with Crippen molar-refractivity contribution in [3.63, 3.8) is 0 Å². The summed E-state index contributed by atoms with van der Waals surface area (Å²) in [5, 5.41) is 3.09. The van der Waals surface area contributed by atoms with Gasteiger partial charge in [-0.1, -0.05) is 118 Å². The van der Waals surface area contributed by atoms with Crippen LogP contribution in [0.2, 0.25) is 25.7 Å².